The molecular formula is C18H21ClN2. The predicted molar refractivity (Wildman–Crippen MR) is 88.6 cm³/mol. The molecule has 0 spiro atoms. The van der Waals surface area contributed by atoms with Crippen LogP contribution < -0.4 is 5.32 Å². The van der Waals surface area contributed by atoms with Crippen LogP contribution in [0.1, 0.15) is 30.1 Å². The van der Waals surface area contributed by atoms with Crippen molar-refractivity contribution in [3.05, 3.63) is 70.7 Å². The number of nitrogens with one attached hydrogen (secondary N) is 1. The molecule has 21 heavy (non-hydrogen) atoms. The maximum absolute atomic E-state index is 6.00. The number of benzene rings is 2. The van der Waals surface area contributed by atoms with E-state index in [-0.39, 0.29) is 0 Å². The Morgan fingerprint density at radius 2 is 1.81 bits per heavy atom. The summed E-state index contributed by atoms with van der Waals surface area (Å²) in [6.45, 7) is 5.39. The van der Waals surface area contributed by atoms with Gasteiger partial charge in [-0.1, -0.05) is 54.1 Å². The van der Waals surface area contributed by atoms with E-state index in [4.69, 9.17) is 11.6 Å². The first-order valence-corrected chi connectivity index (χ1v) is 7.90. The van der Waals surface area contributed by atoms with E-state index in [1.165, 1.54) is 11.1 Å². The quantitative estimate of drug-likeness (QED) is 0.920. The van der Waals surface area contributed by atoms with Crippen LogP contribution in [-0.4, -0.2) is 24.5 Å². The molecule has 1 saturated heterocycles. The molecule has 0 bridgehead atoms. The van der Waals surface area contributed by atoms with Crippen LogP contribution in [0, 0.1) is 0 Å². The van der Waals surface area contributed by atoms with E-state index >= 15 is 0 Å². The Kier molecular flexibility index (Phi) is 4.59. The van der Waals surface area contributed by atoms with Crippen LogP contribution in [-0.2, 0) is 0 Å². The Hall–Kier alpha value is -1.35. The summed E-state index contributed by atoms with van der Waals surface area (Å²) in [6, 6.07) is 19.8. The van der Waals surface area contributed by atoms with Gasteiger partial charge in [0.1, 0.15) is 0 Å². The Morgan fingerprint density at radius 1 is 1.10 bits per heavy atom. The van der Waals surface area contributed by atoms with Crippen molar-refractivity contribution in [2.24, 2.45) is 0 Å². The third kappa shape index (κ3) is 3.29. The van der Waals surface area contributed by atoms with E-state index in [0.717, 1.165) is 24.7 Å². The predicted octanol–water partition coefficient (Wildman–Crippen LogP) is 4.05. The van der Waals surface area contributed by atoms with Crippen molar-refractivity contribution in [1.29, 1.82) is 0 Å². The molecule has 1 N–H and O–H groups in total. The first kappa shape index (κ1) is 14.6. The lowest BCUT2D eigenvalue weighted by molar-refractivity contribution is 0.115. The second kappa shape index (κ2) is 6.61. The lowest BCUT2D eigenvalue weighted by Gasteiger charge is -2.40. The van der Waals surface area contributed by atoms with E-state index in [2.05, 4.69) is 59.6 Å². The molecule has 1 heterocycles. The van der Waals surface area contributed by atoms with Crippen molar-refractivity contribution < 1.29 is 0 Å². The van der Waals surface area contributed by atoms with Gasteiger partial charge in [0.2, 0.25) is 0 Å². The molecule has 1 aliphatic rings. The zero-order valence-electron chi connectivity index (χ0n) is 12.3. The van der Waals surface area contributed by atoms with Gasteiger partial charge in [-0.25, -0.2) is 0 Å². The Labute approximate surface area is 131 Å². The van der Waals surface area contributed by atoms with Crippen molar-refractivity contribution in [3.63, 3.8) is 0 Å². The van der Waals surface area contributed by atoms with E-state index in [0.29, 0.717) is 12.1 Å². The summed E-state index contributed by atoms with van der Waals surface area (Å²) in [7, 11) is 0. The van der Waals surface area contributed by atoms with Crippen molar-refractivity contribution in [2.75, 3.05) is 19.6 Å². The van der Waals surface area contributed by atoms with Gasteiger partial charge in [-0.15, -0.1) is 0 Å². The first-order valence-electron chi connectivity index (χ1n) is 7.52. The van der Waals surface area contributed by atoms with E-state index in [9.17, 15) is 0 Å². The second-order valence-corrected chi connectivity index (χ2v) is 6.03. The Bertz CT molecular complexity index is 568. The Morgan fingerprint density at radius 3 is 2.52 bits per heavy atom. The van der Waals surface area contributed by atoms with Crippen molar-refractivity contribution in [3.8, 4) is 0 Å². The summed E-state index contributed by atoms with van der Waals surface area (Å²) in [6.07, 6.45) is 0. The molecule has 0 aromatic heterocycles. The zero-order chi connectivity index (χ0) is 14.7. The third-order valence-electron chi connectivity index (χ3n) is 4.32. The lowest BCUT2D eigenvalue weighted by Crippen LogP contribution is -2.46. The third-order valence-corrected chi connectivity index (χ3v) is 4.57. The Balaban J connectivity index is 1.85. The van der Waals surface area contributed by atoms with Crippen LogP contribution >= 0.6 is 11.6 Å². The highest BCUT2D eigenvalue weighted by atomic mass is 35.5. The average Bonchev–Trinajstić information content (AvgIpc) is 2.56. The summed E-state index contributed by atoms with van der Waals surface area (Å²) >= 11 is 6.00. The zero-order valence-corrected chi connectivity index (χ0v) is 13.1. The number of nitrogens with zero attached hydrogens (tertiary/aromatic N) is 1. The van der Waals surface area contributed by atoms with Crippen molar-refractivity contribution in [2.45, 2.75) is 19.0 Å². The standard InChI is InChI=1S/C18H21ClN2/c1-14(15-7-9-17(19)10-8-15)21-12-11-20-13-18(21)16-5-3-2-4-6-16/h2-10,14,18,20H,11-13H2,1H3. The van der Waals surface area contributed by atoms with E-state index < -0.39 is 0 Å². The molecular weight excluding hydrogens is 280 g/mol. The maximum Gasteiger partial charge on any atom is 0.0479 e. The monoisotopic (exact) mass is 300 g/mol. The second-order valence-electron chi connectivity index (χ2n) is 5.60. The molecule has 2 aromatic carbocycles. The highest BCUT2D eigenvalue weighted by Gasteiger charge is 2.28. The minimum Gasteiger partial charge on any atom is -0.314 e. The van der Waals surface area contributed by atoms with Crippen LogP contribution in [0.5, 0.6) is 0 Å². The molecule has 1 fully saturated rings. The first-order chi connectivity index (χ1) is 10.3. The fourth-order valence-electron chi connectivity index (χ4n) is 3.10. The molecule has 3 rings (SSSR count). The van der Waals surface area contributed by atoms with Gasteiger partial charge < -0.3 is 5.32 Å². The topological polar surface area (TPSA) is 15.3 Å². The van der Waals surface area contributed by atoms with Crippen LogP contribution in [0.25, 0.3) is 0 Å². The van der Waals surface area contributed by atoms with Crippen LogP contribution in [0.3, 0.4) is 0 Å². The number of rotatable bonds is 3. The molecule has 2 unspecified atom stereocenters. The molecule has 110 valence electrons. The molecule has 2 nitrogen and oxygen atoms in total. The fraction of sp³-hybridized carbons (Fsp3) is 0.333. The van der Waals surface area contributed by atoms with Gasteiger partial charge in [-0.2, -0.15) is 0 Å². The normalized spacial score (nSPS) is 21.1. The summed E-state index contributed by atoms with van der Waals surface area (Å²) < 4.78 is 0. The maximum atomic E-state index is 6.00. The van der Waals surface area contributed by atoms with Crippen LogP contribution in [0.15, 0.2) is 54.6 Å². The average molecular weight is 301 g/mol. The van der Waals surface area contributed by atoms with E-state index in [1.807, 2.05) is 12.1 Å². The molecule has 3 heteroatoms. The number of halogens is 1. The van der Waals surface area contributed by atoms with Crippen molar-refractivity contribution in [1.82, 2.24) is 10.2 Å². The minimum absolute atomic E-state index is 0.384. The molecule has 0 aliphatic carbocycles. The molecule has 0 radical (unpaired) electrons. The van der Waals surface area contributed by atoms with Gasteiger partial charge in [0.25, 0.3) is 0 Å². The van der Waals surface area contributed by atoms with E-state index in [1.54, 1.807) is 0 Å². The highest BCUT2D eigenvalue weighted by Crippen LogP contribution is 2.31. The summed E-state index contributed by atoms with van der Waals surface area (Å²) in [5, 5.41) is 4.31. The molecule has 1 aliphatic heterocycles. The molecule has 0 amide bonds. The smallest absolute Gasteiger partial charge is 0.0479 e. The minimum atomic E-state index is 0.384. The lowest BCUT2D eigenvalue weighted by atomic mass is 9.98. The highest BCUT2D eigenvalue weighted by molar-refractivity contribution is 6.30. The number of piperazine rings is 1. The van der Waals surface area contributed by atoms with Gasteiger partial charge in [0.05, 0.1) is 0 Å². The SMILES string of the molecule is CC(c1ccc(Cl)cc1)N1CCNCC1c1ccccc1. The largest absolute Gasteiger partial charge is 0.314 e. The summed E-state index contributed by atoms with van der Waals surface area (Å²) in [5.41, 5.74) is 2.70. The van der Waals surface area contributed by atoms with Gasteiger partial charge in [-0.05, 0) is 30.2 Å². The summed E-state index contributed by atoms with van der Waals surface area (Å²) in [5.74, 6) is 0. The van der Waals surface area contributed by atoms with Crippen LogP contribution in [0.2, 0.25) is 5.02 Å². The molecule has 2 atom stereocenters. The number of hydrogen-bond acceptors (Lipinski definition) is 2. The summed E-state index contributed by atoms with van der Waals surface area (Å²) in [4.78, 5) is 2.58. The number of hydrogen-bond donors (Lipinski definition) is 1. The fourth-order valence-corrected chi connectivity index (χ4v) is 3.23. The molecule has 0 saturated carbocycles. The van der Waals surface area contributed by atoms with Crippen LogP contribution in [0.4, 0.5) is 0 Å². The van der Waals surface area contributed by atoms with Crippen molar-refractivity contribution >= 4 is 11.6 Å². The molecule has 2 aromatic rings. The van der Waals surface area contributed by atoms with Gasteiger partial charge >= 0.3 is 0 Å². The van der Waals surface area contributed by atoms with Gasteiger partial charge in [0, 0.05) is 36.7 Å². The van der Waals surface area contributed by atoms with Gasteiger partial charge in [0.15, 0.2) is 0 Å². The van der Waals surface area contributed by atoms with Gasteiger partial charge in [-0.3, -0.25) is 4.90 Å².